The Morgan fingerprint density at radius 2 is 2.08 bits per heavy atom. The van der Waals surface area contributed by atoms with Gasteiger partial charge in [0.05, 0.1) is 13.5 Å². The molecule has 26 heavy (non-hydrogen) atoms. The number of esters is 1. The second-order valence-corrected chi connectivity index (χ2v) is 6.12. The van der Waals surface area contributed by atoms with Crippen LogP contribution in [-0.2, 0) is 16.0 Å². The first-order valence-corrected chi connectivity index (χ1v) is 8.42. The lowest BCUT2D eigenvalue weighted by Crippen LogP contribution is -2.26. The summed E-state index contributed by atoms with van der Waals surface area (Å²) >= 11 is 5.99. The van der Waals surface area contributed by atoms with E-state index in [1.807, 2.05) is 24.3 Å². The Bertz CT molecular complexity index is 952. The Kier molecular flexibility index (Phi) is 5.53. The molecule has 134 valence electrons. The molecule has 1 aromatic heterocycles. The molecule has 0 aliphatic rings. The molecule has 0 saturated carbocycles. The number of carbonyl (C=O) groups excluding carboxylic acids is 2. The zero-order valence-corrected chi connectivity index (χ0v) is 14.9. The number of hydrogen-bond donors (Lipinski definition) is 1. The van der Waals surface area contributed by atoms with E-state index in [4.69, 9.17) is 16.0 Å². The van der Waals surface area contributed by atoms with Gasteiger partial charge in [-0.15, -0.1) is 0 Å². The lowest BCUT2D eigenvalue weighted by atomic mass is 10.1. The Morgan fingerprint density at radius 3 is 2.85 bits per heavy atom. The van der Waals surface area contributed by atoms with Crippen molar-refractivity contribution in [2.45, 2.75) is 12.8 Å². The first-order chi connectivity index (χ1) is 12.5. The van der Waals surface area contributed by atoms with Gasteiger partial charge in [-0.25, -0.2) is 4.98 Å². The Morgan fingerprint density at radius 1 is 1.23 bits per heavy atom. The molecule has 3 rings (SSSR count). The quantitative estimate of drug-likeness (QED) is 0.671. The molecule has 1 amide bonds. The number of oxazole rings is 1. The van der Waals surface area contributed by atoms with Crippen LogP contribution in [-0.4, -0.2) is 30.5 Å². The molecule has 7 heteroatoms. The van der Waals surface area contributed by atoms with E-state index < -0.39 is 0 Å². The first kappa shape index (κ1) is 17.9. The molecule has 0 aliphatic carbocycles. The number of amides is 1. The third-order valence-electron chi connectivity index (χ3n) is 3.78. The molecule has 2 aromatic carbocycles. The molecule has 0 unspecified atom stereocenters. The van der Waals surface area contributed by atoms with Gasteiger partial charge >= 0.3 is 5.97 Å². The average molecular weight is 373 g/mol. The normalized spacial score (nSPS) is 10.7. The number of benzene rings is 2. The van der Waals surface area contributed by atoms with E-state index in [1.54, 1.807) is 18.2 Å². The van der Waals surface area contributed by atoms with Gasteiger partial charge in [-0.2, -0.15) is 0 Å². The number of hydrogen-bond acceptors (Lipinski definition) is 5. The number of fused-ring (bicyclic) bond motifs is 1. The van der Waals surface area contributed by atoms with Crippen LogP contribution in [0.2, 0.25) is 5.02 Å². The van der Waals surface area contributed by atoms with Crippen molar-refractivity contribution in [3.8, 4) is 0 Å². The number of methoxy groups -OCH3 is 1. The van der Waals surface area contributed by atoms with Crippen LogP contribution < -0.4 is 5.32 Å². The van der Waals surface area contributed by atoms with Gasteiger partial charge in [0.1, 0.15) is 5.52 Å². The third kappa shape index (κ3) is 4.40. The van der Waals surface area contributed by atoms with Gasteiger partial charge in [-0.3, -0.25) is 9.59 Å². The van der Waals surface area contributed by atoms with Crippen LogP contribution in [0.4, 0.5) is 0 Å². The number of nitrogens with one attached hydrogen (secondary N) is 1. The minimum Gasteiger partial charge on any atom is -0.469 e. The molecule has 1 heterocycles. The highest BCUT2D eigenvalue weighted by molar-refractivity contribution is 6.30. The molecular weight excluding hydrogens is 356 g/mol. The van der Waals surface area contributed by atoms with Crippen molar-refractivity contribution in [3.63, 3.8) is 0 Å². The van der Waals surface area contributed by atoms with Gasteiger partial charge in [0.25, 0.3) is 5.91 Å². The topological polar surface area (TPSA) is 81.4 Å². The smallest absolute Gasteiger partial charge is 0.307 e. The minimum atomic E-state index is -0.373. The Labute approximate surface area is 155 Å². The number of halogens is 1. The fourth-order valence-corrected chi connectivity index (χ4v) is 2.71. The molecule has 6 nitrogen and oxygen atoms in total. The standard InChI is InChI=1S/C19H17ClN2O4/c1-25-18(23)7-8-21-19(24)13-5-6-15-16(11-13)26-17(22-15)10-12-3-2-4-14(20)9-12/h2-6,9,11H,7-8,10H2,1H3,(H,21,24). The van der Waals surface area contributed by atoms with Gasteiger partial charge < -0.3 is 14.5 Å². The van der Waals surface area contributed by atoms with Crippen LogP contribution in [0.1, 0.15) is 28.2 Å². The van der Waals surface area contributed by atoms with Gasteiger partial charge in [0, 0.05) is 23.6 Å². The van der Waals surface area contributed by atoms with Crippen LogP contribution >= 0.6 is 11.6 Å². The molecule has 0 fully saturated rings. The van der Waals surface area contributed by atoms with Crippen molar-refractivity contribution in [1.29, 1.82) is 0 Å². The highest BCUT2D eigenvalue weighted by atomic mass is 35.5. The van der Waals surface area contributed by atoms with Crippen LogP contribution in [0.15, 0.2) is 46.9 Å². The second kappa shape index (κ2) is 8.01. The van der Waals surface area contributed by atoms with Crippen LogP contribution in [0.25, 0.3) is 11.1 Å². The first-order valence-electron chi connectivity index (χ1n) is 8.04. The van der Waals surface area contributed by atoms with E-state index in [1.165, 1.54) is 7.11 Å². The average Bonchev–Trinajstić information content (AvgIpc) is 3.02. The highest BCUT2D eigenvalue weighted by Crippen LogP contribution is 2.20. The molecule has 0 bridgehead atoms. The van der Waals surface area contributed by atoms with E-state index in [0.29, 0.717) is 34.0 Å². The molecule has 3 aromatic rings. The largest absolute Gasteiger partial charge is 0.469 e. The van der Waals surface area contributed by atoms with E-state index in [2.05, 4.69) is 15.0 Å². The monoisotopic (exact) mass is 372 g/mol. The minimum absolute atomic E-state index is 0.122. The maximum atomic E-state index is 12.2. The van der Waals surface area contributed by atoms with Crippen molar-refractivity contribution in [2.75, 3.05) is 13.7 Å². The number of ether oxygens (including phenoxy) is 1. The number of carbonyl (C=O) groups is 2. The number of nitrogens with zero attached hydrogens (tertiary/aromatic N) is 1. The second-order valence-electron chi connectivity index (χ2n) is 5.68. The number of rotatable bonds is 6. The van der Waals surface area contributed by atoms with Crippen LogP contribution in [0.5, 0.6) is 0 Å². The highest BCUT2D eigenvalue weighted by Gasteiger charge is 2.12. The lowest BCUT2D eigenvalue weighted by molar-refractivity contribution is -0.140. The summed E-state index contributed by atoms with van der Waals surface area (Å²) in [6.07, 6.45) is 0.631. The van der Waals surface area contributed by atoms with Crippen molar-refractivity contribution in [2.24, 2.45) is 0 Å². The summed E-state index contributed by atoms with van der Waals surface area (Å²) in [5.41, 5.74) is 2.63. The Hall–Kier alpha value is -2.86. The molecule has 0 saturated heterocycles. The predicted octanol–water partition coefficient (Wildman–Crippen LogP) is 3.36. The molecular formula is C19H17ClN2O4. The number of aromatic nitrogens is 1. The zero-order valence-electron chi connectivity index (χ0n) is 14.1. The van der Waals surface area contributed by atoms with Gasteiger partial charge in [0.15, 0.2) is 11.5 Å². The van der Waals surface area contributed by atoms with Crippen molar-refractivity contribution >= 4 is 34.6 Å². The third-order valence-corrected chi connectivity index (χ3v) is 4.02. The maximum Gasteiger partial charge on any atom is 0.307 e. The van der Waals surface area contributed by atoms with E-state index in [-0.39, 0.29) is 24.8 Å². The van der Waals surface area contributed by atoms with Crippen LogP contribution in [0.3, 0.4) is 0 Å². The summed E-state index contributed by atoms with van der Waals surface area (Å²) in [7, 11) is 1.31. The summed E-state index contributed by atoms with van der Waals surface area (Å²) in [5, 5.41) is 3.32. The fourth-order valence-electron chi connectivity index (χ4n) is 2.49. The molecule has 1 N–H and O–H groups in total. The van der Waals surface area contributed by atoms with E-state index in [0.717, 1.165) is 5.56 Å². The van der Waals surface area contributed by atoms with E-state index in [9.17, 15) is 9.59 Å². The maximum absolute atomic E-state index is 12.2. The van der Waals surface area contributed by atoms with Gasteiger partial charge in [0.2, 0.25) is 0 Å². The zero-order chi connectivity index (χ0) is 18.5. The van der Waals surface area contributed by atoms with Gasteiger partial charge in [-0.1, -0.05) is 23.7 Å². The summed E-state index contributed by atoms with van der Waals surface area (Å²) in [5.74, 6) is -0.115. The molecule has 0 spiro atoms. The Balaban J connectivity index is 1.70. The summed E-state index contributed by atoms with van der Waals surface area (Å²) in [6, 6.07) is 12.5. The SMILES string of the molecule is COC(=O)CCNC(=O)c1ccc2nc(Cc3cccc(Cl)c3)oc2c1. The molecule has 0 radical (unpaired) electrons. The van der Waals surface area contributed by atoms with Gasteiger partial charge in [-0.05, 0) is 35.9 Å². The summed E-state index contributed by atoms with van der Waals surface area (Å²) < 4.78 is 10.3. The summed E-state index contributed by atoms with van der Waals surface area (Å²) in [6.45, 7) is 0.208. The predicted molar refractivity (Wildman–Crippen MR) is 97.2 cm³/mol. The fraction of sp³-hybridized carbons (Fsp3) is 0.211. The molecule has 0 aliphatic heterocycles. The van der Waals surface area contributed by atoms with Crippen molar-refractivity contribution in [3.05, 3.63) is 64.5 Å². The molecule has 0 atom stereocenters. The van der Waals surface area contributed by atoms with E-state index >= 15 is 0 Å². The summed E-state index contributed by atoms with van der Waals surface area (Å²) in [4.78, 5) is 27.7. The lowest BCUT2D eigenvalue weighted by Gasteiger charge is -2.04. The van der Waals surface area contributed by atoms with Crippen molar-refractivity contribution < 1.29 is 18.7 Å². The van der Waals surface area contributed by atoms with Crippen molar-refractivity contribution in [1.82, 2.24) is 10.3 Å². The van der Waals surface area contributed by atoms with Crippen LogP contribution in [0, 0.1) is 0 Å².